The number of nitrogens with zero attached hydrogens (tertiary/aromatic N) is 1. The van der Waals surface area contributed by atoms with Crippen LogP contribution in [0.5, 0.6) is 5.75 Å². The summed E-state index contributed by atoms with van der Waals surface area (Å²) in [6.07, 6.45) is 3.82. The van der Waals surface area contributed by atoms with Gasteiger partial charge in [-0.05, 0) is 61.4 Å². The van der Waals surface area contributed by atoms with Gasteiger partial charge in [-0.1, -0.05) is 39.8 Å². The molecule has 2 nitrogen and oxygen atoms in total. The maximum Gasteiger partial charge on any atom is 0.119 e. The number of piperidine rings is 1. The highest BCUT2D eigenvalue weighted by molar-refractivity contribution is 5.31. The summed E-state index contributed by atoms with van der Waals surface area (Å²) in [5.74, 6) is 1.90. The Morgan fingerprint density at radius 2 is 1.76 bits per heavy atom. The van der Waals surface area contributed by atoms with Crippen molar-refractivity contribution in [2.75, 3.05) is 26.2 Å². The van der Waals surface area contributed by atoms with Gasteiger partial charge in [0.25, 0.3) is 0 Å². The fraction of sp³-hybridized carbons (Fsp3) is 0.684. The van der Waals surface area contributed by atoms with E-state index in [4.69, 9.17) is 4.74 Å². The largest absolute Gasteiger partial charge is 0.492 e. The van der Waals surface area contributed by atoms with Crippen LogP contribution in [0, 0.1) is 5.92 Å². The fourth-order valence-corrected chi connectivity index (χ4v) is 2.78. The second kappa shape index (κ2) is 7.31. The highest BCUT2D eigenvalue weighted by Crippen LogP contribution is 2.28. The smallest absolute Gasteiger partial charge is 0.119 e. The van der Waals surface area contributed by atoms with Gasteiger partial charge in [-0.25, -0.2) is 0 Å². The van der Waals surface area contributed by atoms with Crippen LogP contribution in [-0.4, -0.2) is 31.1 Å². The van der Waals surface area contributed by atoms with Gasteiger partial charge in [0.1, 0.15) is 12.4 Å². The van der Waals surface area contributed by atoms with Crippen molar-refractivity contribution in [2.24, 2.45) is 5.92 Å². The molecular weight excluding hydrogens is 258 g/mol. The Morgan fingerprint density at radius 1 is 1.14 bits per heavy atom. The number of hydrogen-bond donors (Lipinski definition) is 0. The van der Waals surface area contributed by atoms with E-state index in [0.29, 0.717) is 0 Å². The Balaban J connectivity index is 1.76. The van der Waals surface area contributed by atoms with Crippen LogP contribution in [0.4, 0.5) is 0 Å². The van der Waals surface area contributed by atoms with Crippen LogP contribution < -0.4 is 4.74 Å². The van der Waals surface area contributed by atoms with Crippen molar-refractivity contribution in [3.8, 4) is 5.75 Å². The summed E-state index contributed by atoms with van der Waals surface area (Å²) in [4.78, 5) is 2.52. The average Bonchev–Trinajstić information content (AvgIpc) is 2.50. The van der Waals surface area contributed by atoms with Gasteiger partial charge in [0, 0.05) is 6.54 Å². The molecule has 0 spiro atoms. The Kier molecular flexibility index (Phi) is 5.69. The second-order valence-corrected chi connectivity index (χ2v) is 7.13. The minimum atomic E-state index is 0.253. The molecule has 0 saturated carbocycles. The van der Waals surface area contributed by atoms with Crippen LogP contribution in [-0.2, 0) is 5.41 Å². The van der Waals surface area contributed by atoms with Crippen LogP contribution in [0.15, 0.2) is 24.3 Å². The van der Waals surface area contributed by atoms with Crippen molar-refractivity contribution in [3.63, 3.8) is 0 Å². The predicted octanol–water partition coefficient (Wildman–Crippen LogP) is 4.48. The molecule has 1 aliphatic heterocycles. The molecule has 0 radical (unpaired) electrons. The van der Waals surface area contributed by atoms with E-state index in [2.05, 4.69) is 56.9 Å². The molecule has 0 aromatic heterocycles. The van der Waals surface area contributed by atoms with E-state index in [0.717, 1.165) is 31.2 Å². The van der Waals surface area contributed by atoms with Gasteiger partial charge >= 0.3 is 0 Å². The van der Waals surface area contributed by atoms with Crippen molar-refractivity contribution in [2.45, 2.75) is 52.4 Å². The first-order valence-electron chi connectivity index (χ1n) is 8.47. The number of rotatable bonds is 6. The molecule has 0 bridgehead atoms. The molecule has 1 fully saturated rings. The van der Waals surface area contributed by atoms with Crippen molar-refractivity contribution in [1.82, 2.24) is 4.90 Å². The minimum absolute atomic E-state index is 0.253. The zero-order chi connectivity index (χ0) is 15.3. The lowest BCUT2D eigenvalue weighted by Crippen LogP contribution is -2.35. The highest BCUT2D eigenvalue weighted by Gasteiger charge is 2.18. The maximum absolute atomic E-state index is 5.90. The topological polar surface area (TPSA) is 12.5 Å². The lowest BCUT2D eigenvalue weighted by Gasteiger charge is -2.30. The van der Waals surface area contributed by atoms with Gasteiger partial charge in [-0.2, -0.15) is 0 Å². The molecule has 1 aromatic carbocycles. The van der Waals surface area contributed by atoms with E-state index in [1.165, 1.54) is 31.5 Å². The van der Waals surface area contributed by atoms with Crippen molar-refractivity contribution < 1.29 is 4.74 Å². The van der Waals surface area contributed by atoms with Crippen LogP contribution in [0.3, 0.4) is 0 Å². The van der Waals surface area contributed by atoms with Crippen LogP contribution in [0.2, 0.25) is 0 Å². The van der Waals surface area contributed by atoms with Gasteiger partial charge in [-0.3, -0.25) is 4.90 Å². The van der Waals surface area contributed by atoms with Crippen LogP contribution >= 0.6 is 0 Å². The molecule has 0 aliphatic carbocycles. The van der Waals surface area contributed by atoms with Crippen LogP contribution in [0.1, 0.15) is 52.5 Å². The van der Waals surface area contributed by atoms with Gasteiger partial charge in [0.2, 0.25) is 0 Å². The Labute approximate surface area is 130 Å². The lowest BCUT2D eigenvalue weighted by molar-refractivity contribution is 0.160. The molecule has 0 amide bonds. The summed E-state index contributed by atoms with van der Waals surface area (Å²) in [5.41, 5.74) is 1.64. The predicted molar refractivity (Wildman–Crippen MR) is 90.1 cm³/mol. The summed E-state index contributed by atoms with van der Waals surface area (Å²) < 4.78 is 5.90. The zero-order valence-corrected chi connectivity index (χ0v) is 14.2. The third-order valence-electron chi connectivity index (χ3n) is 5.07. The summed E-state index contributed by atoms with van der Waals surface area (Å²) >= 11 is 0. The first-order chi connectivity index (χ1) is 10.0. The minimum Gasteiger partial charge on any atom is -0.492 e. The number of benzene rings is 1. The van der Waals surface area contributed by atoms with Gasteiger partial charge in [0.05, 0.1) is 0 Å². The summed E-state index contributed by atoms with van der Waals surface area (Å²) in [5, 5.41) is 0. The second-order valence-electron chi connectivity index (χ2n) is 7.13. The number of likely N-dealkylation sites (tertiary alicyclic amines) is 1. The molecule has 21 heavy (non-hydrogen) atoms. The fourth-order valence-electron chi connectivity index (χ4n) is 2.78. The maximum atomic E-state index is 5.90. The monoisotopic (exact) mass is 289 g/mol. The van der Waals surface area contributed by atoms with E-state index in [1.807, 2.05) is 0 Å². The molecule has 0 unspecified atom stereocenters. The van der Waals surface area contributed by atoms with Crippen molar-refractivity contribution in [1.29, 1.82) is 0 Å². The molecule has 0 N–H and O–H groups in total. The third-order valence-corrected chi connectivity index (χ3v) is 5.07. The molecular formula is C19H31NO. The SMILES string of the molecule is CCC(C)(C)c1ccc(OCCN2CCC(C)CC2)cc1. The normalized spacial score (nSPS) is 17.9. The summed E-state index contributed by atoms with van der Waals surface area (Å²) in [6, 6.07) is 8.65. The van der Waals surface area contributed by atoms with Gasteiger partial charge < -0.3 is 4.74 Å². The van der Waals surface area contributed by atoms with Crippen molar-refractivity contribution >= 4 is 0 Å². The van der Waals surface area contributed by atoms with Crippen LogP contribution in [0.25, 0.3) is 0 Å². The number of ether oxygens (including phenoxy) is 1. The molecule has 118 valence electrons. The molecule has 1 saturated heterocycles. The van der Waals surface area contributed by atoms with Gasteiger partial charge in [-0.15, -0.1) is 0 Å². The third kappa shape index (κ3) is 4.74. The molecule has 2 rings (SSSR count). The highest BCUT2D eigenvalue weighted by atomic mass is 16.5. The Morgan fingerprint density at radius 3 is 2.33 bits per heavy atom. The molecule has 0 atom stereocenters. The first-order valence-corrected chi connectivity index (χ1v) is 8.47. The van der Waals surface area contributed by atoms with E-state index >= 15 is 0 Å². The number of hydrogen-bond acceptors (Lipinski definition) is 2. The standard InChI is InChI=1S/C19H31NO/c1-5-19(3,4)17-6-8-18(9-7-17)21-15-14-20-12-10-16(2)11-13-20/h6-9,16H,5,10-15H2,1-4H3. The molecule has 1 aliphatic rings. The van der Waals surface area contributed by atoms with E-state index in [-0.39, 0.29) is 5.41 Å². The Hall–Kier alpha value is -1.02. The van der Waals surface area contributed by atoms with Gasteiger partial charge in [0.15, 0.2) is 0 Å². The quantitative estimate of drug-likeness (QED) is 0.765. The van der Waals surface area contributed by atoms with E-state index in [9.17, 15) is 0 Å². The lowest BCUT2D eigenvalue weighted by atomic mass is 9.82. The van der Waals surface area contributed by atoms with E-state index in [1.54, 1.807) is 0 Å². The molecule has 1 heterocycles. The molecule has 2 heteroatoms. The summed E-state index contributed by atoms with van der Waals surface area (Å²) in [6.45, 7) is 13.5. The molecule has 1 aromatic rings. The summed E-state index contributed by atoms with van der Waals surface area (Å²) in [7, 11) is 0. The zero-order valence-electron chi connectivity index (χ0n) is 14.2. The van der Waals surface area contributed by atoms with Crippen molar-refractivity contribution in [3.05, 3.63) is 29.8 Å². The average molecular weight is 289 g/mol. The van der Waals surface area contributed by atoms with E-state index < -0.39 is 0 Å². The Bertz CT molecular complexity index is 416. The first kappa shape index (κ1) is 16.4.